The zero-order valence-corrected chi connectivity index (χ0v) is 17.4. The second-order valence-electron chi connectivity index (χ2n) is 8.41. The number of nitrogens with zero attached hydrogens (tertiary/aromatic N) is 1. The molecular weight excluding hydrogens is 358 g/mol. The summed E-state index contributed by atoms with van der Waals surface area (Å²) in [4.78, 5) is 14.6. The number of amides is 1. The van der Waals surface area contributed by atoms with Crippen molar-refractivity contribution in [3.63, 3.8) is 0 Å². The second-order valence-corrected chi connectivity index (χ2v) is 9.43. The van der Waals surface area contributed by atoms with Crippen molar-refractivity contribution in [1.82, 2.24) is 15.7 Å². The quantitative estimate of drug-likeness (QED) is 0.383. The Balaban J connectivity index is 2.35. The molecule has 1 aliphatic rings. The third kappa shape index (κ3) is 9.27. The van der Waals surface area contributed by atoms with Gasteiger partial charge < -0.3 is 5.32 Å². The van der Waals surface area contributed by atoms with Gasteiger partial charge in [-0.3, -0.25) is 14.2 Å². The molecule has 0 aromatic rings. The van der Waals surface area contributed by atoms with Crippen molar-refractivity contribution in [2.75, 3.05) is 19.6 Å². The van der Waals surface area contributed by atoms with E-state index in [9.17, 15) is 13.2 Å². The SMILES string of the molecule is CC(CNOS(=O)(=O)O)CC(C)(C)CNC(=O)CN1C(C)CCCC1C. The Bertz CT molecular complexity index is 543. The summed E-state index contributed by atoms with van der Waals surface area (Å²) in [6.07, 6.45) is 4.25. The van der Waals surface area contributed by atoms with E-state index in [0.29, 0.717) is 25.2 Å². The van der Waals surface area contributed by atoms with Crippen LogP contribution in [0.25, 0.3) is 0 Å². The molecule has 1 amide bonds. The van der Waals surface area contributed by atoms with Crippen LogP contribution in [0.15, 0.2) is 0 Å². The number of hydrogen-bond acceptors (Lipinski definition) is 6. The molecule has 0 aliphatic carbocycles. The van der Waals surface area contributed by atoms with Gasteiger partial charge in [0.2, 0.25) is 5.91 Å². The third-order valence-corrected chi connectivity index (χ3v) is 5.29. The molecule has 3 atom stereocenters. The van der Waals surface area contributed by atoms with E-state index in [1.807, 2.05) is 6.92 Å². The standard InChI is InChI=1S/C17H35N3O5S/c1-13(10-19-25-26(22,23)24)9-17(4,5)12-18-16(21)11-20-14(2)7-6-8-15(20)3/h13-15,19H,6-12H2,1-5H3,(H,18,21)(H,22,23,24). The maximum Gasteiger partial charge on any atom is 0.413 e. The molecule has 1 rings (SSSR count). The Hall–Kier alpha value is -0.740. The Kier molecular flexibility index (Phi) is 8.95. The first-order chi connectivity index (χ1) is 11.9. The molecule has 26 heavy (non-hydrogen) atoms. The molecule has 3 N–H and O–H groups in total. The van der Waals surface area contributed by atoms with Crippen LogP contribution in [0.5, 0.6) is 0 Å². The van der Waals surface area contributed by atoms with Gasteiger partial charge in [0.15, 0.2) is 0 Å². The molecule has 0 spiro atoms. The van der Waals surface area contributed by atoms with Crippen molar-refractivity contribution >= 4 is 16.3 Å². The molecule has 1 fully saturated rings. The van der Waals surface area contributed by atoms with Crippen LogP contribution < -0.4 is 10.8 Å². The van der Waals surface area contributed by atoms with Crippen molar-refractivity contribution in [3.05, 3.63) is 0 Å². The van der Waals surface area contributed by atoms with Crippen molar-refractivity contribution in [3.8, 4) is 0 Å². The number of nitrogens with one attached hydrogen (secondary N) is 2. The van der Waals surface area contributed by atoms with Crippen LogP contribution in [0.4, 0.5) is 0 Å². The molecule has 0 aromatic heterocycles. The van der Waals surface area contributed by atoms with Crippen LogP contribution in [0.1, 0.15) is 60.3 Å². The number of piperidine rings is 1. The lowest BCUT2D eigenvalue weighted by Gasteiger charge is -2.38. The summed E-state index contributed by atoms with van der Waals surface area (Å²) in [5, 5.41) is 3.03. The third-order valence-electron chi connectivity index (χ3n) is 4.96. The van der Waals surface area contributed by atoms with Gasteiger partial charge in [-0.2, -0.15) is 18.2 Å². The Morgan fingerprint density at radius 1 is 1.31 bits per heavy atom. The fraction of sp³-hybridized carbons (Fsp3) is 0.941. The fourth-order valence-electron chi connectivity index (χ4n) is 3.68. The minimum atomic E-state index is -4.48. The average Bonchev–Trinajstić information content (AvgIpc) is 2.47. The summed E-state index contributed by atoms with van der Waals surface area (Å²) < 4.78 is 33.6. The first-order valence-electron chi connectivity index (χ1n) is 9.31. The van der Waals surface area contributed by atoms with E-state index in [4.69, 9.17) is 4.55 Å². The van der Waals surface area contributed by atoms with E-state index in [1.165, 1.54) is 6.42 Å². The Morgan fingerprint density at radius 2 is 1.88 bits per heavy atom. The average molecular weight is 394 g/mol. The summed E-state index contributed by atoms with van der Waals surface area (Å²) in [5.41, 5.74) is 2.10. The van der Waals surface area contributed by atoms with Crippen molar-refractivity contribution < 1.29 is 22.0 Å². The minimum absolute atomic E-state index is 0.0409. The van der Waals surface area contributed by atoms with E-state index in [0.717, 1.165) is 19.3 Å². The maximum absolute atomic E-state index is 12.3. The smallest absolute Gasteiger partial charge is 0.354 e. The summed E-state index contributed by atoms with van der Waals surface area (Å²) in [5.74, 6) is 0.143. The Morgan fingerprint density at radius 3 is 2.42 bits per heavy atom. The maximum atomic E-state index is 12.3. The summed E-state index contributed by atoms with van der Waals surface area (Å²) >= 11 is 0. The van der Waals surface area contributed by atoms with Gasteiger partial charge in [-0.15, -0.1) is 0 Å². The zero-order chi connectivity index (χ0) is 20.0. The van der Waals surface area contributed by atoms with Gasteiger partial charge in [0, 0.05) is 25.2 Å². The highest BCUT2D eigenvalue weighted by Crippen LogP contribution is 2.25. The largest absolute Gasteiger partial charge is 0.413 e. The van der Waals surface area contributed by atoms with E-state index in [-0.39, 0.29) is 23.8 Å². The van der Waals surface area contributed by atoms with E-state index < -0.39 is 10.4 Å². The van der Waals surface area contributed by atoms with E-state index in [1.54, 1.807) is 0 Å². The number of hydrogen-bond donors (Lipinski definition) is 3. The van der Waals surface area contributed by atoms with Crippen LogP contribution in [-0.4, -0.2) is 55.5 Å². The molecule has 3 unspecified atom stereocenters. The first kappa shape index (κ1) is 23.3. The number of carbonyl (C=O) groups excluding carboxylic acids is 1. The van der Waals surface area contributed by atoms with Crippen LogP contribution in [0.2, 0.25) is 0 Å². The van der Waals surface area contributed by atoms with Crippen LogP contribution in [0.3, 0.4) is 0 Å². The Labute approximate surface area is 157 Å². The molecule has 9 heteroatoms. The molecule has 0 bridgehead atoms. The number of hydroxylamine groups is 1. The van der Waals surface area contributed by atoms with E-state index >= 15 is 0 Å². The molecule has 0 aromatic carbocycles. The van der Waals surface area contributed by atoms with Gasteiger partial charge in [-0.05, 0) is 44.4 Å². The summed E-state index contributed by atoms with van der Waals surface area (Å²) in [6.45, 7) is 11.7. The molecule has 0 saturated carbocycles. The van der Waals surface area contributed by atoms with Gasteiger partial charge in [0.25, 0.3) is 0 Å². The highest BCUT2D eigenvalue weighted by atomic mass is 32.3. The topological polar surface area (TPSA) is 108 Å². The minimum Gasteiger partial charge on any atom is -0.354 e. The summed E-state index contributed by atoms with van der Waals surface area (Å²) in [7, 11) is -4.48. The van der Waals surface area contributed by atoms with Crippen molar-refractivity contribution in [2.24, 2.45) is 11.3 Å². The molecule has 1 saturated heterocycles. The van der Waals surface area contributed by atoms with Gasteiger partial charge in [0.1, 0.15) is 0 Å². The predicted molar refractivity (Wildman–Crippen MR) is 101 cm³/mol. The zero-order valence-electron chi connectivity index (χ0n) is 16.6. The van der Waals surface area contributed by atoms with Gasteiger partial charge in [0.05, 0.1) is 6.54 Å². The lowest BCUT2D eigenvalue weighted by atomic mass is 9.83. The highest BCUT2D eigenvalue weighted by molar-refractivity contribution is 7.80. The predicted octanol–water partition coefficient (Wildman–Crippen LogP) is 1.74. The molecule has 1 aliphatic heterocycles. The van der Waals surface area contributed by atoms with E-state index in [2.05, 4.69) is 47.7 Å². The lowest BCUT2D eigenvalue weighted by molar-refractivity contribution is -0.124. The van der Waals surface area contributed by atoms with Crippen molar-refractivity contribution in [2.45, 2.75) is 72.4 Å². The lowest BCUT2D eigenvalue weighted by Crippen LogP contribution is -2.49. The van der Waals surface area contributed by atoms with Gasteiger partial charge in [-0.25, -0.2) is 0 Å². The summed E-state index contributed by atoms with van der Waals surface area (Å²) in [6, 6.07) is 0.873. The molecule has 1 heterocycles. The number of likely N-dealkylation sites (tertiary alicyclic amines) is 1. The number of carbonyl (C=O) groups is 1. The monoisotopic (exact) mass is 393 g/mol. The van der Waals surface area contributed by atoms with Crippen molar-refractivity contribution in [1.29, 1.82) is 0 Å². The van der Waals surface area contributed by atoms with Gasteiger partial charge >= 0.3 is 10.4 Å². The number of rotatable bonds is 10. The second kappa shape index (κ2) is 9.98. The highest BCUT2D eigenvalue weighted by Gasteiger charge is 2.27. The molecule has 8 nitrogen and oxygen atoms in total. The molecular formula is C17H35N3O5S. The van der Waals surface area contributed by atoms with Crippen LogP contribution in [0, 0.1) is 11.3 Å². The fourth-order valence-corrected chi connectivity index (χ4v) is 3.90. The first-order valence-corrected chi connectivity index (χ1v) is 10.7. The van der Waals surface area contributed by atoms with Crippen LogP contribution in [-0.2, 0) is 19.5 Å². The van der Waals surface area contributed by atoms with Gasteiger partial charge in [-0.1, -0.05) is 27.2 Å². The molecule has 154 valence electrons. The normalized spacial score (nSPS) is 23.6. The molecule has 0 radical (unpaired) electrons. The van der Waals surface area contributed by atoms with Crippen LogP contribution >= 0.6 is 0 Å².